The molecule has 1 aliphatic carbocycles. The van der Waals surface area contributed by atoms with Crippen molar-refractivity contribution in [3.8, 4) is 0 Å². The number of benzene rings is 1. The number of nitrogens with one attached hydrogen (secondary N) is 2. The lowest BCUT2D eigenvalue weighted by molar-refractivity contribution is 0.0787. The number of amides is 1. The van der Waals surface area contributed by atoms with Crippen LogP contribution in [-0.2, 0) is 0 Å². The third-order valence-electron chi connectivity index (χ3n) is 5.72. The number of aromatic amines is 1. The SMILES string of the molecule is CNCC1CCN(C(=O)c2ccc3c(c2)[nH]c(=O)n3C2CCCC2)C1. The third-order valence-corrected chi connectivity index (χ3v) is 5.72. The summed E-state index contributed by atoms with van der Waals surface area (Å²) in [6.07, 6.45) is 5.54. The summed E-state index contributed by atoms with van der Waals surface area (Å²) in [7, 11) is 1.95. The van der Waals surface area contributed by atoms with Crippen LogP contribution in [0.2, 0.25) is 0 Å². The summed E-state index contributed by atoms with van der Waals surface area (Å²) in [5.41, 5.74) is 2.30. The van der Waals surface area contributed by atoms with Gasteiger partial charge >= 0.3 is 5.69 Å². The first-order chi connectivity index (χ1) is 12.2. The maximum atomic E-state index is 12.8. The Labute approximate surface area is 147 Å². The molecule has 6 heteroatoms. The van der Waals surface area contributed by atoms with Crippen molar-refractivity contribution >= 4 is 16.9 Å². The molecule has 2 N–H and O–H groups in total. The first kappa shape index (κ1) is 16.4. The molecular formula is C19H26N4O2. The highest BCUT2D eigenvalue weighted by Gasteiger charge is 2.27. The van der Waals surface area contributed by atoms with Gasteiger partial charge in [0.2, 0.25) is 0 Å². The Morgan fingerprint density at radius 1 is 1.28 bits per heavy atom. The molecule has 4 rings (SSSR count). The average molecular weight is 342 g/mol. The van der Waals surface area contributed by atoms with E-state index >= 15 is 0 Å². The zero-order chi connectivity index (χ0) is 17.4. The zero-order valence-electron chi connectivity index (χ0n) is 14.8. The molecule has 0 bridgehead atoms. The number of H-pyrrole nitrogens is 1. The molecule has 1 aromatic carbocycles. The number of carbonyl (C=O) groups excluding carboxylic acids is 1. The minimum Gasteiger partial charge on any atom is -0.338 e. The normalized spacial score (nSPS) is 21.5. The van der Waals surface area contributed by atoms with E-state index in [1.165, 1.54) is 12.8 Å². The van der Waals surface area contributed by atoms with Crippen LogP contribution < -0.4 is 11.0 Å². The maximum absolute atomic E-state index is 12.8. The van der Waals surface area contributed by atoms with Gasteiger partial charge in [-0.05, 0) is 57.0 Å². The minimum atomic E-state index is -0.0539. The van der Waals surface area contributed by atoms with Gasteiger partial charge in [0.1, 0.15) is 0 Å². The van der Waals surface area contributed by atoms with Crippen LogP contribution in [0.15, 0.2) is 23.0 Å². The predicted octanol–water partition coefficient (Wildman–Crippen LogP) is 2.13. The van der Waals surface area contributed by atoms with Crippen LogP contribution in [0, 0.1) is 5.92 Å². The highest BCUT2D eigenvalue weighted by Crippen LogP contribution is 2.31. The molecule has 2 fully saturated rings. The summed E-state index contributed by atoms with van der Waals surface area (Å²) in [6.45, 7) is 2.56. The number of imidazole rings is 1. The number of nitrogens with zero attached hydrogens (tertiary/aromatic N) is 2. The first-order valence-electron chi connectivity index (χ1n) is 9.35. The Kier molecular flexibility index (Phi) is 4.37. The van der Waals surface area contributed by atoms with Crippen molar-refractivity contribution in [2.24, 2.45) is 5.92 Å². The van der Waals surface area contributed by atoms with Gasteiger partial charge in [0.05, 0.1) is 11.0 Å². The van der Waals surface area contributed by atoms with Gasteiger partial charge in [0, 0.05) is 24.7 Å². The largest absolute Gasteiger partial charge is 0.338 e. The smallest absolute Gasteiger partial charge is 0.326 e. The van der Waals surface area contributed by atoms with E-state index in [4.69, 9.17) is 0 Å². The summed E-state index contributed by atoms with van der Waals surface area (Å²) >= 11 is 0. The molecule has 1 aliphatic heterocycles. The fourth-order valence-corrected chi connectivity index (χ4v) is 4.44. The Balaban J connectivity index is 1.59. The molecule has 1 aromatic heterocycles. The summed E-state index contributed by atoms with van der Waals surface area (Å²) in [6, 6.07) is 5.94. The monoisotopic (exact) mass is 342 g/mol. The van der Waals surface area contributed by atoms with Crippen LogP contribution >= 0.6 is 0 Å². The van der Waals surface area contributed by atoms with Gasteiger partial charge < -0.3 is 15.2 Å². The van der Waals surface area contributed by atoms with E-state index < -0.39 is 0 Å². The molecule has 2 aromatic rings. The van der Waals surface area contributed by atoms with Gasteiger partial charge in [-0.25, -0.2) is 4.79 Å². The summed E-state index contributed by atoms with van der Waals surface area (Å²) in [5.74, 6) is 0.593. The molecule has 1 unspecified atom stereocenters. The van der Waals surface area contributed by atoms with Crippen molar-refractivity contribution in [3.63, 3.8) is 0 Å². The lowest BCUT2D eigenvalue weighted by Gasteiger charge is -2.17. The van der Waals surface area contributed by atoms with Gasteiger partial charge in [-0.3, -0.25) is 9.36 Å². The molecule has 1 saturated heterocycles. The van der Waals surface area contributed by atoms with E-state index in [9.17, 15) is 9.59 Å². The standard InChI is InChI=1S/C19H26N4O2/c1-20-11-13-8-9-22(12-13)18(24)14-6-7-17-16(10-14)21-19(25)23(17)15-4-2-3-5-15/h6-7,10,13,15,20H,2-5,8-9,11-12H2,1H3,(H,21,25). The Morgan fingerprint density at radius 2 is 2.08 bits per heavy atom. The second-order valence-electron chi connectivity index (χ2n) is 7.43. The van der Waals surface area contributed by atoms with Crippen LogP contribution in [-0.4, -0.2) is 47.0 Å². The van der Waals surface area contributed by atoms with Crippen LogP contribution in [0.4, 0.5) is 0 Å². The Bertz CT molecular complexity index is 832. The molecule has 2 aliphatic rings. The van der Waals surface area contributed by atoms with Crippen LogP contribution in [0.25, 0.3) is 11.0 Å². The summed E-state index contributed by atoms with van der Waals surface area (Å²) in [5, 5.41) is 3.19. The topological polar surface area (TPSA) is 70.1 Å². The molecule has 1 saturated carbocycles. The highest BCUT2D eigenvalue weighted by atomic mass is 16.2. The fraction of sp³-hybridized carbons (Fsp3) is 0.579. The van der Waals surface area contributed by atoms with Crippen molar-refractivity contribution in [2.45, 2.75) is 38.1 Å². The lowest BCUT2D eigenvalue weighted by Crippen LogP contribution is -2.30. The number of carbonyl (C=O) groups is 1. The number of hydrogen-bond acceptors (Lipinski definition) is 3. The van der Waals surface area contributed by atoms with Crippen molar-refractivity contribution in [3.05, 3.63) is 34.2 Å². The van der Waals surface area contributed by atoms with E-state index in [-0.39, 0.29) is 11.6 Å². The predicted molar refractivity (Wildman–Crippen MR) is 98.0 cm³/mol. The van der Waals surface area contributed by atoms with Crippen molar-refractivity contribution in [1.82, 2.24) is 19.8 Å². The summed E-state index contributed by atoms with van der Waals surface area (Å²) < 4.78 is 1.88. The van der Waals surface area contributed by atoms with Gasteiger partial charge in [-0.2, -0.15) is 0 Å². The number of fused-ring (bicyclic) bond motifs is 1. The van der Waals surface area contributed by atoms with E-state index in [1.54, 1.807) is 0 Å². The van der Waals surface area contributed by atoms with E-state index in [1.807, 2.05) is 34.7 Å². The molecule has 0 radical (unpaired) electrons. The molecule has 1 atom stereocenters. The molecule has 25 heavy (non-hydrogen) atoms. The molecular weight excluding hydrogens is 316 g/mol. The van der Waals surface area contributed by atoms with E-state index in [0.717, 1.165) is 49.9 Å². The molecule has 0 spiro atoms. The highest BCUT2D eigenvalue weighted by molar-refractivity contribution is 5.97. The second-order valence-corrected chi connectivity index (χ2v) is 7.43. The van der Waals surface area contributed by atoms with Crippen molar-refractivity contribution in [2.75, 3.05) is 26.7 Å². The molecule has 2 heterocycles. The van der Waals surface area contributed by atoms with Crippen molar-refractivity contribution in [1.29, 1.82) is 0 Å². The van der Waals surface area contributed by atoms with Gasteiger partial charge in [0.25, 0.3) is 5.91 Å². The number of hydrogen-bond donors (Lipinski definition) is 2. The van der Waals surface area contributed by atoms with E-state index in [2.05, 4.69) is 10.3 Å². The van der Waals surface area contributed by atoms with Gasteiger partial charge in [-0.1, -0.05) is 12.8 Å². The molecule has 1 amide bonds. The summed E-state index contributed by atoms with van der Waals surface area (Å²) in [4.78, 5) is 30.0. The quantitative estimate of drug-likeness (QED) is 0.894. The van der Waals surface area contributed by atoms with E-state index in [0.29, 0.717) is 17.5 Å². The minimum absolute atomic E-state index is 0.0539. The fourth-order valence-electron chi connectivity index (χ4n) is 4.44. The number of likely N-dealkylation sites (tertiary alicyclic amines) is 1. The van der Waals surface area contributed by atoms with Crippen molar-refractivity contribution < 1.29 is 4.79 Å². The first-order valence-corrected chi connectivity index (χ1v) is 9.35. The number of aromatic nitrogens is 2. The number of rotatable bonds is 4. The van der Waals surface area contributed by atoms with Gasteiger partial charge in [-0.15, -0.1) is 0 Å². The maximum Gasteiger partial charge on any atom is 0.326 e. The Hall–Kier alpha value is -2.08. The third kappa shape index (κ3) is 2.99. The van der Waals surface area contributed by atoms with Crippen LogP contribution in [0.3, 0.4) is 0 Å². The van der Waals surface area contributed by atoms with Gasteiger partial charge in [0.15, 0.2) is 0 Å². The van der Waals surface area contributed by atoms with Crippen LogP contribution in [0.5, 0.6) is 0 Å². The second kappa shape index (κ2) is 6.67. The zero-order valence-corrected chi connectivity index (χ0v) is 14.8. The Morgan fingerprint density at radius 3 is 2.84 bits per heavy atom. The molecule has 6 nitrogen and oxygen atoms in total. The molecule has 134 valence electrons. The lowest BCUT2D eigenvalue weighted by atomic mass is 10.1. The van der Waals surface area contributed by atoms with Crippen LogP contribution in [0.1, 0.15) is 48.5 Å². The average Bonchev–Trinajstić information content (AvgIpc) is 3.32.